The normalized spacial score (nSPS) is 13.9. The SMILES string of the molecule is Cc1ccc(S(=O)(=O)NCC(C)C(C)C)c(Br)c1. The van der Waals surface area contributed by atoms with E-state index in [0.717, 1.165) is 5.56 Å². The molecule has 1 atom stereocenters. The number of rotatable bonds is 5. The average Bonchev–Trinajstić information content (AvgIpc) is 2.25. The molecule has 1 aromatic rings. The van der Waals surface area contributed by atoms with Gasteiger partial charge in [-0.05, 0) is 52.4 Å². The third-order valence-electron chi connectivity index (χ3n) is 3.11. The predicted molar refractivity (Wildman–Crippen MR) is 78.1 cm³/mol. The van der Waals surface area contributed by atoms with Crippen LogP contribution < -0.4 is 4.72 Å². The van der Waals surface area contributed by atoms with Gasteiger partial charge in [-0.15, -0.1) is 0 Å². The Labute approximate surface area is 118 Å². The molecule has 0 aliphatic rings. The van der Waals surface area contributed by atoms with Gasteiger partial charge in [0, 0.05) is 11.0 Å². The maximum atomic E-state index is 12.2. The molecule has 1 unspecified atom stereocenters. The first-order valence-electron chi connectivity index (χ1n) is 6.00. The summed E-state index contributed by atoms with van der Waals surface area (Å²) in [7, 11) is -3.43. The van der Waals surface area contributed by atoms with E-state index in [2.05, 4.69) is 34.5 Å². The molecule has 0 saturated carbocycles. The fourth-order valence-corrected chi connectivity index (χ4v) is 3.71. The van der Waals surface area contributed by atoms with Gasteiger partial charge in [0.15, 0.2) is 0 Å². The lowest BCUT2D eigenvalue weighted by Crippen LogP contribution is -2.30. The maximum absolute atomic E-state index is 12.2. The monoisotopic (exact) mass is 333 g/mol. The van der Waals surface area contributed by atoms with Gasteiger partial charge in [-0.2, -0.15) is 0 Å². The summed E-state index contributed by atoms with van der Waals surface area (Å²) in [4.78, 5) is 0.295. The molecule has 5 heteroatoms. The second-order valence-corrected chi connectivity index (χ2v) is 7.60. The van der Waals surface area contributed by atoms with E-state index in [1.54, 1.807) is 18.2 Å². The lowest BCUT2D eigenvalue weighted by molar-refractivity contribution is 0.414. The first-order chi connectivity index (χ1) is 8.24. The predicted octanol–water partition coefficient (Wildman–Crippen LogP) is 3.33. The molecule has 1 rings (SSSR count). The Bertz CT molecular complexity index is 512. The molecular weight excluding hydrogens is 314 g/mol. The van der Waals surface area contributed by atoms with Crippen LogP contribution in [0.4, 0.5) is 0 Å². The Hall–Kier alpha value is -0.390. The van der Waals surface area contributed by atoms with Crippen LogP contribution in [0.3, 0.4) is 0 Å². The lowest BCUT2D eigenvalue weighted by atomic mass is 9.99. The van der Waals surface area contributed by atoms with Crippen LogP contribution in [0.2, 0.25) is 0 Å². The van der Waals surface area contributed by atoms with Crippen LogP contribution in [-0.4, -0.2) is 15.0 Å². The fraction of sp³-hybridized carbons (Fsp3) is 0.538. The van der Waals surface area contributed by atoms with Crippen molar-refractivity contribution in [2.75, 3.05) is 6.54 Å². The number of sulfonamides is 1. The van der Waals surface area contributed by atoms with Crippen LogP contribution in [0.1, 0.15) is 26.3 Å². The van der Waals surface area contributed by atoms with Crippen LogP contribution >= 0.6 is 15.9 Å². The van der Waals surface area contributed by atoms with Crippen molar-refractivity contribution in [3.63, 3.8) is 0 Å². The minimum absolute atomic E-state index is 0.295. The topological polar surface area (TPSA) is 46.2 Å². The molecule has 0 spiro atoms. The average molecular weight is 334 g/mol. The zero-order valence-corrected chi connectivity index (χ0v) is 13.6. The van der Waals surface area contributed by atoms with Crippen molar-refractivity contribution in [1.82, 2.24) is 4.72 Å². The first kappa shape index (κ1) is 15.7. The Morgan fingerprint density at radius 1 is 1.28 bits per heavy atom. The summed E-state index contributed by atoms with van der Waals surface area (Å²) in [5, 5.41) is 0. The molecule has 3 nitrogen and oxygen atoms in total. The van der Waals surface area contributed by atoms with Crippen LogP contribution in [0, 0.1) is 18.8 Å². The van der Waals surface area contributed by atoms with Gasteiger partial charge in [0.2, 0.25) is 10.0 Å². The quantitative estimate of drug-likeness (QED) is 0.898. The van der Waals surface area contributed by atoms with Crippen molar-refractivity contribution < 1.29 is 8.42 Å². The van der Waals surface area contributed by atoms with E-state index in [9.17, 15) is 8.42 Å². The van der Waals surface area contributed by atoms with Crippen molar-refractivity contribution in [2.24, 2.45) is 11.8 Å². The van der Waals surface area contributed by atoms with E-state index in [1.165, 1.54) is 0 Å². The molecule has 0 aliphatic heterocycles. The molecular formula is C13H20BrNO2S. The third-order valence-corrected chi connectivity index (χ3v) is 5.51. The van der Waals surface area contributed by atoms with Crippen molar-refractivity contribution >= 4 is 26.0 Å². The first-order valence-corrected chi connectivity index (χ1v) is 8.27. The number of halogens is 1. The summed E-state index contributed by atoms with van der Waals surface area (Å²) in [6.07, 6.45) is 0. The second-order valence-electron chi connectivity index (χ2n) is 5.01. The van der Waals surface area contributed by atoms with Crippen LogP contribution in [-0.2, 0) is 10.0 Å². The molecule has 0 fully saturated rings. The smallest absolute Gasteiger partial charge is 0.211 e. The molecule has 0 radical (unpaired) electrons. The van der Waals surface area contributed by atoms with Crippen molar-refractivity contribution in [2.45, 2.75) is 32.6 Å². The Morgan fingerprint density at radius 2 is 1.89 bits per heavy atom. The highest BCUT2D eigenvalue weighted by Crippen LogP contribution is 2.23. The number of nitrogens with one attached hydrogen (secondary N) is 1. The molecule has 1 aromatic carbocycles. The van der Waals surface area contributed by atoms with E-state index < -0.39 is 10.0 Å². The molecule has 1 N–H and O–H groups in total. The Balaban J connectivity index is 2.87. The van der Waals surface area contributed by atoms with Crippen molar-refractivity contribution in [1.29, 1.82) is 0 Å². The highest BCUT2D eigenvalue weighted by atomic mass is 79.9. The van der Waals surface area contributed by atoms with Crippen LogP contribution in [0.25, 0.3) is 0 Å². The Kier molecular flexibility index (Phi) is 5.37. The molecule has 0 heterocycles. The maximum Gasteiger partial charge on any atom is 0.241 e. The number of hydrogen-bond donors (Lipinski definition) is 1. The van der Waals surface area contributed by atoms with Gasteiger partial charge >= 0.3 is 0 Å². The largest absolute Gasteiger partial charge is 0.241 e. The van der Waals surface area contributed by atoms with Crippen LogP contribution in [0.5, 0.6) is 0 Å². The van der Waals surface area contributed by atoms with Crippen LogP contribution in [0.15, 0.2) is 27.6 Å². The number of benzene rings is 1. The van der Waals surface area contributed by atoms with E-state index in [4.69, 9.17) is 0 Å². The minimum atomic E-state index is -3.43. The van der Waals surface area contributed by atoms with Gasteiger partial charge in [0.25, 0.3) is 0 Å². The molecule has 102 valence electrons. The number of aryl methyl sites for hydroxylation is 1. The van der Waals surface area contributed by atoms with Gasteiger partial charge in [-0.1, -0.05) is 26.8 Å². The summed E-state index contributed by atoms with van der Waals surface area (Å²) < 4.78 is 27.6. The summed E-state index contributed by atoms with van der Waals surface area (Å²) in [5.41, 5.74) is 1.02. The summed E-state index contributed by atoms with van der Waals surface area (Å²) in [6.45, 7) is 8.59. The molecule has 18 heavy (non-hydrogen) atoms. The molecule has 0 bridgehead atoms. The molecule has 0 aliphatic carbocycles. The summed E-state index contributed by atoms with van der Waals surface area (Å²) in [6, 6.07) is 5.23. The zero-order valence-electron chi connectivity index (χ0n) is 11.2. The van der Waals surface area contributed by atoms with E-state index in [-0.39, 0.29) is 0 Å². The van der Waals surface area contributed by atoms with Gasteiger partial charge in [0.05, 0.1) is 4.90 Å². The molecule has 0 saturated heterocycles. The summed E-state index contributed by atoms with van der Waals surface area (Å²) in [5.74, 6) is 0.762. The standard InChI is InChI=1S/C13H20BrNO2S/c1-9(2)11(4)8-15-18(16,17)13-6-5-10(3)7-12(13)14/h5-7,9,11,15H,8H2,1-4H3. The molecule has 0 aromatic heterocycles. The van der Waals surface area contributed by atoms with E-state index in [1.807, 2.05) is 13.8 Å². The van der Waals surface area contributed by atoms with Gasteiger partial charge < -0.3 is 0 Å². The second kappa shape index (κ2) is 6.17. The minimum Gasteiger partial charge on any atom is -0.211 e. The highest BCUT2D eigenvalue weighted by molar-refractivity contribution is 9.10. The highest BCUT2D eigenvalue weighted by Gasteiger charge is 2.19. The zero-order chi connectivity index (χ0) is 13.9. The Morgan fingerprint density at radius 3 is 2.39 bits per heavy atom. The van der Waals surface area contributed by atoms with E-state index in [0.29, 0.717) is 27.7 Å². The summed E-state index contributed by atoms with van der Waals surface area (Å²) >= 11 is 3.30. The van der Waals surface area contributed by atoms with Crippen molar-refractivity contribution in [3.8, 4) is 0 Å². The van der Waals surface area contributed by atoms with E-state index >= 15 is 0 Å². The van der Waals surface area contributed by atoms with Gasteiger partial charge in [-0.3, -0.25) is 0 Å². The number of hydrogen-bond acceptors (Lipinski definition) is 2. The van der Waals surface area contributed by atoms with Crippen molar-refractivity contribution in [3.05, 3.63) is 28.2 Å². The fourth-order valence-electron chi connectivity index (χ4n) is 1.38. The van der Waals surface area contributed by atoms with Gasteiger partial charge in [0.1, 0.15) is 0 Å². The van der Waals surface area contributed by atoms with Gasteiger partial charge in [-0.25, -0.2) is 13.1 Å². The molecule has 0 amide bonds. The third kappa shape index (κ3) is 4.07. The lowest BCUT2D eigenvalue weighted by Gasteiger charge is -2.16.